The van der Waals surface area contributed by atoms with Gasteiger partial charge in [0.25, 0.3) is 5.91 Å². The summed E-state index contributed by atoms with van der Waals surface area (Å²) >= 11 is 16.5. The molecule has 0 radical (unpaired) electrons. The number of carboxylic acid groups (broad SMARTS) is 1. The Hall–Kier alpha value is -8.54. The van der Waals surface area contributed by atoms with Crippen LogP contribution in [0.5, 0.6) is 63.2 Å². The zero-order valence-electron chi connectivity index (χ0n) is 55.7. The third kappa shape index (κ3) is 21.5. The van der Waals surface area contributed by atoms with Crippen LogP contribution in [-0.4, -0.2) is 122 Å². The Labute approximate surface area is 625 Å². The second kappa shape index (κ2) is 38.2. The van der Waals surface area contributed by atoms with Gasteiger partial charge < -0.3 is 86.7 Å². The van der Waals surface area contributed by atoms with Gasteiger partial charge in [-0.1, -0.05) is 28.1 Å². The van der Waals surface area contributed by atoms with Gasteiger partial charge >= 0.3 is 5.97 Å². The fourth-order valence-corrected chi connectivity index (χ4v) is 13.6. The van der Waals surface area contributed by atoms with Gasteiger partial charge in [-0.2, -0.15) is 0 Å². The molecule has 8 aromatic carbocycles. The molecule has 10 rings (SSSR count). The van der Waals surface area contributed by atoms with Crippen LogP contribution in [0.3, 0.4) is 0 Å². The summed E-state index contributed by atoms with van der Waals surface area (Å²) in [6, 6.07) is 34.5. The zero-order valence-corrected chi connectivity index (χ0v) is 65.2. The molecule has 0 atom stereocenters. The normalized spacial score (nSPS) is 10.2. The number of aromatic carboxylic acids is 1. The van der Waals surface area contributed by atoms with Crippen LogP contribution in [0.15, 0.2) is 152 Å². The third-order valence-electron chi connectivity index (χ3n) is 14.6. The molecule has 0 unspecified atom stereocenters. The minimum atomic E-state index is -0.967. The Kier molecular flexibility index (Phi) is 31.3. The minimum Gasteiger partial charge on any atom is -1.00 e. The van der Waals surface area contributed by atoms with Crippen molar-refractivity contribution in [3.8, 4) is 105 Å². The number of ketones is 2. The van der Waals surface area contributed by atoms with Gasteiger partial charge in [-0.25, -0.2) is 14.8 Å². The van der Waals surface area contributed by atoms with E-state index in [-0.39, 0.29) is 76.1 Å². The molecule has 522 valence electrons. The summed E-state index contributed by atoms with van der Waals surface area (Å²) in [5.41, 5.74) is 14.2. The average molecular weight is 1710 g/mol. The first kappa shape index (κ1) is 81.1. The third-order valence-corrected chi connectivity index (χ3v) is 19.3. The van der Waals surface area contributed by atoms with E-state index in [1.807, 2.05) is 51.2 Å². The number of methoxy groups -OCH3 is 7. The molecule has 0 spiro atoms. The molecule has 0 aliphatic rings. The molecule has 0 aliphatic heterocycles. The summed E-state index contributed by atoms with van der Waals surface area (Å²) < 4.78 is 39.3. The topological polar surface area (TPSA) is 299 Å². The highest BCUT2D eigenvalue weighted by atomic mass is 79.9. The van der Waals surface area contributed by atoms with Gasteiger partial charge in [0.05, 0.1) is 77.2 Å². The maximum Gasteiger partial charge on any atom is 0.336 e. The number of phenolic OH excluding ortho intramolecular Hbond substituents is 4. The first-order chi connectivity index (χ1) is 46.6. The van der Waals surface area contributed by atoms with Crippen molar-refractivity contribution in [3.05, 3.63) is 202 Å². The fraction of sp³-hybridized carbons (Fsp3) is 0.194. The number of rotatable bonds is 18. The maximum atomic E-state index is 12.4. The molecule has 1 amide bonds. The number of amides is 1. The standard InChI is InChI=1S/C19H20BrNO5.C19H18BrNO2S.C15H10BrNO4S.C10H13NO2.C9H9BrO3.BrH/c1-11-7-14(20)13(9-17(11)25-3)19(23)21-10-15(22)12-5-6-16(24-2)18(8-12)26-4;1-11-7-14(15(20)8-12(11)2)19-21-10-18(24-19)13-5-6-16(22-3)17(9-13)23-4;16-9-5-13(21)12(20)4-8(9)15-17-6-14(22-15)7-1-2-10(18)11(19)3-7;1-7-3-4-8(9(12)6-11)5-10(7)13-2;1-5-3-7(10)6(9(11)12)4-8(5)13-2;/h5-9H,10H2,1-4H3,(H,21,23);5-10H,1-4H3;1-6,18-21H;3-5H,6,11H2,1-2H3;3-4H,1-2H3,(H,11,12);1H. The summed E-state index contributed by atoms with van der Waals surface area (Å²) in [5, 5.41) is 51.1. The molecule has 10 aromatic rings. The number of aromatic hydroxyl groups is 4. The van der Waals surface area contributed by atoms with Crippen LogP contribution in [0.1, 0.15) is 69.2 Å². The van der Waals surface area contributed by atoms with Crippen molar-refractivity contribution < 1.29 is 101 Å². The number of nitrogens with zero attached hydrogens (tertiary/aromatic N) is 2. The molecule has 99 heavy (non-hydrogen) atoms. The Morgan fingerprint density at radius 2 is 0.848 bits per heavy atom. The molecule has 0 bridgehead atoms. The van der Waals surface area contributed by atoms with Crippen molar-refractivity contribution >= 4 is 110 Å². The number of carboxylic acids is 1. The summed E-state index contributed by atoms with van der Waals surface area (Å²) in [6.45, 7) is 10.1. The van der Waals surface area contributed by atoms with E-state index in [4.69, 9.17) is 38.3 Å². The molecular formula is C72H71Br5N4O16S2. The molecule has 27 heteroatoms. The van der Waals surface area contributed by atoms with E-state index in [1.54, 1.807) is 101 Å². The molecule has 9 N–H and O–H groups in total. The Morgan fingerprint density at radius 3 is 1.38 bits per heavy atom. The second-order valence-corrected chi connectivity index (χ2v) is 26.5. The number of Topliss-reactive ketones (excluding diaryl/α,β-unsaturated/α-hetero) is 2. The molecule has 0 saturated heterocycles. The first-order valence-electron chi connectivity index (χ1n) is 29.2. The van der Waals surface area contributed by atoms with Crippen LogP contribution in [0.2, 0.25) is 0 Å². The smallest absolute Gasteiger partial charge is 0.336 e. The van der Waals surface area contributed by atoms with Gasteiger partial charge in [0, 0.05) is 52.5 Å². The van der Waals surface area contributed by atoms with E-state index < -0.39 is 5.97 Å². The lowest BCUT2D eigenvalue weighted by atomic mass is 10.1. The molecule has 0 aliphatic carbocycles. The lowest BCUT2D eigenvalue weighted by molar-refractivity contribution is -0.349. The van der Waals surface area contributed by atoms with Crippen LogP contribution < -0.4 is 61.2 Å². The first-order valence-corrected chi connectivity index (χ1v) is 34.0. The van der Waals surface area contributed by atoms with Gasteiger partial charge in [0.1, 0.15) is 33.8 Å². The summed E-state index contributed by atoms with van der Waals surface area (Å²) in [7, 11) is 11.0. The highest BCUT2D eigenvalue weighted by molar-refractivity contribution is 9.11. The van der Waals surface area contributed by atoms with E-state index in [9.17, 15) is 39.6 Å². The predicted octanol–water partition coefficient (Wildman–Crippen LogP) is 13.2. The number of aryl methyl sites for hydroxylation is 5. The monoisotopic (exact) mass is 1710 g/mol. The lowest BCUT2D eigenvalue weighted by Gasteiger charge is -2.11. The Morgan fingerprint density at radius 1 is 0.434 bits per heavy atom. The lowest BCUT2D eigenvalue weighted by Crippen LogP contribution is -3.00. The van der Waals surface area contributed by atoms with Crippen LogP contribution in [0, 0.1) is 34.6 Å². The van der Waals surface area contributed by atoms with Gasteiger partial charge in [0.2, 0.25) is 5.78 Å². The Bertz CT molecular complexity index is 4530. The van der Waals surface area contributed by atoms with E-state index in [2.05, 4.69) is 111 Å². The van der Waals surface area contributed by atoms with Crippen LogP contribution in [0.25, 0.3) is 42.0 Å². The van der Waals surface area contributed by atoms with Crippen LogP contribution in [-0.2, 0) is 0 Å². The second-order valence-electron chi connectivity index (χ2n) is 21.0. The van der Waals surface area contributed by atoms with Crippen molar-refractivity contribution in [3.63, 3.8) is 0 Å². The predicted molar refractivity (Wildman–Crippen MR) is 394 cm³/mol. The van der Waals surface area contributed by atoms with E-state index in [0.29, 0.717) is 63.7 Å². The fourth-order valence-electron chi connectivity index (χ4n) is 8.98. The largest absolute Gasteiger partial charge is 1.00 e. The number of benzene rings is 8. The number of hydrogen-bond donors (Lipinski definition) is 7. The van der Waals surface area contributed by atoms with Crippen molar-refractivity contribution in [2.24, 2.45) is 0 Å². The van der Waals surface area contributed by atoms with Crippen molar-refractivity contribution in [2.75, 3.05) is 62.9 Å². The molecule has 0 fully saturated rings. The van der Waals surface area contributed by atoms with Gasteiger partial charge in [-0.3, -0.25) is 14.4 Å². The molecule has 2 heterocycles. The average Bonchev–Trinajstić information content (AvgIpc) is 1.73. The maximum absolute atomic E-state index is 12.4. The van der Waals surface area contributed by atoms with E-state index in [1.165, 1.54) is 74.1 Å². The van der Waals surface area contributed by atoms with E-state index >= 15 is 0 Å². The molecule has 2 aromatic heterocycles. The van der Waals surface area contributed by atoms with Crippen LogP contribution in [0.4, 0.5) is 0 Å². The number of phenols is 4. The number of ether oxygens (including phenoxy) is 7. The highest BCUT2D eigenvalue weighted by Gasteiger charge is 2.20. The summed E-state index contributed by atoms with van der Waals surface area (Å²) in [5.74, 6) is 2.01. The Balaban J connectivity index is 0.000000228. The van der Waals surface area contributed by atoms with E-state index in [0.717, 1.165) is 69.9 Å². The van der Waals surface area contributed by atoms with Gasteiger partial charge in [-0.05, 0) is 231 Å². The SMILES string of the molecule is COc1cc(C(=O)C[NH3+])ccc1C.COc1cc(C(=O)NCC(=O)c2ccc(OC)c(OC)c2)c(Br)cc1C.COc1cc(C(=O)O)c(Br)cc1C.COc1ccc(-c2cnc(-c3cc(C)c(C)cc3Br)s2)cc1OC.Oc1ccc(-c2cnc(-c3cc(O)c(O)cc3Br)s2)cc1O.[Br-]. The summed E-state index contributed by atoms with van der Waals surface area (Å²) in [6.07, 6.45) is 3.55. The molecular weight excluding hydrogens is 1640 g/mol. The van der Waals surface area contributed by atoms with Crippen molar-refractivity contribution in [2.45, 2.75) is 34.6 Å². The number of aromatic nitrogens is 2. The van der Waals surface area contributed by atoms with Crippen LogP contribution >= 0.6 is 86.4 Å². The number of halogens is 5. The van der Waals surface area contributed by atoms with Crippen molar-refractivity contribution in [1.82, 2.24) is 15.3 Å². The molecule has 0 saturated carbocycles. The number of hydrogen-bond acceptors (Lipinski definition) is 19. The highest BCUT2D eigenvalue weighted by Crippen LogP contribution is 2.43. The minimum absolute atomic E-state index is 0. The molecule has 20 nitrogen and oxygen atoms in total. The number of quaternary nitrogens is 1. The zero-order chi connectivity index (χ0) is 72.2. The van der Waals surface area contributed by atoms with Gasteiger partial charge in [-0.15, -0.1) is 22.7 Å². The van der Waals surface area contributed by atoms with Gasteiger partial charge in [0.15, 0.2) is 51.8 Å². The quantitative estimate of drug-likeness (QED) is 0.0310. The number of carbonyl (C=O) groups is 4. The van der Waals surface area contributed by atoms with Crippen molar-refractivity contribution in [1.29, 1.82) is 0 Å². The summed E-state index contributed by atoms with van der Waals surface area (Å²) in [4.78, 5) is 57.6. The number of nitrogens with one attached hydrogen (secondary N) is 1. The number of carbonyl (C=O) groups excluding carboxylic acids is 3. The number of thiazole rings is 2.